The van der Waals surface area contributed by atoms with Crippen LogP contribution in [-0.2, 0) is 15.6 Å². The van der Waals surface area contributed by atoms with Gasteiger partial charge in [-0.1, -0.05) is 48.5 Å². The summed E-state index contributed by atoms with van der Waals surface area (Å²) < 4.78 is 0. The quantitative estimate of drug-likeness (QED) is 0.620. The Kier molecular flexibility index (Phi) is 5.16. The van der Waals surface area contributed by atoms with E-state index in [0.29, 0.717) is 6.42 Å². The highest BCUT2D eigenvalue weighted by atomic mass is 16.3. The van der Waals surface area contributed by atoms with Crippen LogP contribution in [0.4, 0.5) is 4.79 Å². The topological polar surface area (TPSA) is 82.0 Å². The Hall–Kier alpha value is -2.37. The summed E-state index contributed by atoms with van der Waals surface area (Å²) in [5, 5.41) is 18.5. The van der Waals surface area contributed by atoms with Crippen LogP contribution in [0.15, 0.2) is 17.2 Å². The lowest BCUT2D eigenvalue weighted by Gasteiger charge is -2.27. The number of hydrogen-bond donors (Lipinski definition) is 2. The van der Waals surface area contributed by atoms with Crippen molar-refractivity contribution in [3.8, 4) is 5.75 Å². The molecule has 6 nitrogen and oxygen atoms in total. The van der Waals surface area contributed by atoms with Crippen molar-refractivity contribution < 1.29 is 14.7 Å². The van der Waals surface area contributed by atoms with Crippen molar-refractivity contribution in [2.45, 2.75) is 78.2 Å². The maximum atomic E-state index is 12.5. The van der Waals surface area contributed by atoms with Gasteiger partial charge in [-0.3, -0.25) is 4.79 Å². The average Bonchev–Trinajstić information content (AvgIpc) is 2.74. The molecule has 0 aliphatic carbocycles. The third kappa shape index (κ3) is 3.99. The number of phenolic OH excluding ortho intramolecular Hbond substituents is 1. The zero-order valence-electron chi connectivity index (χ0n) is 17.6. The Bertz CT molecular complexity index is 765. The first-order chi connectivity index (χ1) is 12.2. The zero-order valence-corrected chi connectivity index (χ0v) is 17.6. The number of carbonyl (C=O) groups excluding carboxylic acids is 2. The van der Waals surface area contributed by atoms with E-state index in [9.17, 15) is 14.7 Å². The average molecular weight is 373 g/mol. The summed E-state index contributed by atoms with van der Waals surface area (Å²) in [7, 11) is 0. The molecule has 148 valence electrons. The molecular weight excluding hydrogens is 342 g/mol. The molecule has 0 radical (unpaired) electrons. The summed E-state index contributed by atoms with van der Waals surface area (Å²) in [6, 6.07) is 3.18. The van der Waals surface area contributed by atoms with E-state index in [1.54, 1.807) is 6.92 Å². The lowest BCUT2D eigenvalue weighted by molar-refractivity contribution is -0.130. The van der Waals surface area contributed by atoms with Crippen molar-refractivity contribution in [2.75, 3.05) is 0 Å². The molecule has 6 heteroatoms. The zero-order chi connectivity index (χ0) is 20.8. The van der Waals surface area contributed by atoms with Gasteiger partial charge in [-0.25, -0.2) is 4.79 Å². The van der Waals surface area contributed by atoms with Gasteiger partial charge in [0.25, 0.3) is 5.91 Å². The summed E-state index contributed by atoms with van der Waals surface area (Å²) >= 11 is 0. The number of hydrazone groups is 1. The van der Waals surface area contributed by atoms with Crippen LogP contribution >= 0.6 is 0 Å². The summed E-state index contributed by atoms with van der Waals surface area (Å²) in [6.45, 7) is 15.7. The molecule has 1 aromatic carbocycles. The molecule has 1 atom stereocenters. The van der Waals surface area contributed by atoms with Crippen LogP contribution < -0.4 is 5.32 Å². The molecule has 2 rings (SSSR count). The molecule has 0 spiro atoms. The highest BCUT2D eigenvalue weighted by molar-refractivity contribution is 6.07. The van der Waals surface area contributed by atoms with E-state index in [0.717, 1.165) is 21.7 Å². The number of amides is 3. The van der Waals surface area contributed by atoms with Gasteiger partial charge in [-0.05, 0) is 41.9 Å². The lowest BCUT2D eigenvalue weighted by atomic mass is 9.78. The van der Waals surface area contributed by atoms with E-state index in [-0.39, 0.29) is 22.5 Å². The first-order valence-electron chi connectivity index (χ1n) is 9.29. The monoisotopic (exact) mass is 373 g/mol. The highest BCUT2D eigenvalue weighted by Gasteiger charge is 2.46. The van der Waals surface area contributed by atoms with Gasteiger partial charge in [-0.15, -0.1) is 5.01 Å². The van der Waals surface area contributed by atoms with Gasteiger partial charge >= 0.3 is 6.03 Å². The molecular formula is C21H31N3O3. The van der Waals surface area contributed by atoms with Gasteiger partial charge < -0.3 is 10.4 Å². The van der Waals surface area contributed by atoms with E-state index >= 15 is 0 Å². The summed E-state index contributed by atoms with van der Waals surface area (Å²) in [4.78, 5) is 24.6. The highest BCUT2D eigenvalue weighted by Crippen LogP contribution is 2.39. The Morgan fingerprint density at radius 1 is 1.11 bits per heavy atom. The number of phenols is 1. The van der Waals surface area contributed by atoms with Crippen LogP contribution in [0.5, 0.6) is 5.75 Å². The minimum atomic E-state index is -0.920. The molecule has 2 N–H and O–H groups in total. The minimum absolute atomic E-state index is 0.268. The molecule has 1 aliphatic rings. The third-order valence-corrected chi connectivity index (χ3v) is 5.02. The molecule has 1 aromatic rings. The predicted octanol–water partition coefficient (Wildman–Crippen LogP) is 4.04. The molecule has 0 bridgehead atoms. The van der Waals surface area contributed by atoms with Crippen molar-refractivity contribution in [1.82, 2.24) is 10.3 Å². The number of urea groups is 1. The van der Waals surface area contributed by atoms with Crippen molar-refractivity contribution >= 4 is 18.2 Å². The smallest absolute Gasteiger partial charge is 0.346 e. The fraction of sp³-hybridized carbons (Fsp3) is 0.571. The van der Waals surface area contributed by atoms with Gasteiger partial charge in [0.2, 0.25) is 0 Å². The molecule has 1 heterocycles. The Morgan fingerprint density at radius 3 is 1.96 bits per heavy atom. The summed E-state index contributed by atoms with van der Waals surface area (Å²) in [5.74, 6) is -0.0854. The number of imide groups is 1. The van der Waals surface area contributed by atoms with Crippen molar-refractivity contribution in [3.05, 3.63) is 28.8 Å². The minimum Gasteiger partial charge on any atom is -0.507 e. The fourth-order valence-corrected chi connectivity index (χ4v) is 3.01. The first-order valence-corrected chi connectivity index (χ1v) is 9.29. The van der Waals surface area contributed by atoms with Crippen molar-refractivity contribution in [3.63, 3.8) is 0 Å². The van der Waals surface area contributed by atoms with Gasteiger partial charge in [0.05, 0.1) is 6.21 Å². The predicted molar refractivity (Wildman–Crippen MR) is 107 cm³/mol. The third-order valence-electron chi connectivity index (χ3n) is 5.02. The van der Waals surface area contributed by atoms with Crippen molar-refractivity contribution in [2.24, 2.45) is 5.10 Å². The van der Waals surface area contributed by atoms with E-state index in [1.165, 1.54) is 6.21 Å². The van der Waals surface area contributed by atoms with E-state index in [2.05, 4.69) is 10.4 Å². The Labute approximate surface area is 161 Å². The number of nitrogens with one attached hydrogen (secondary N) is 1. The second-order valence-corrected chi connectivity index (χ2v) is 9.44. The van der Waals surface area contributed by atoms with Crippen LogP contribution in [-0.4, -0.2) is 33.8 Å². The van der Waals surface area contributed by atoms with Gasteiger partial charge in [0.1, 0.15) is 11.3 Å². The number of benzene rings is 1. The van der Waals surface area contributed by atoms with Crippen LogP contribution in [0.1, 0.15) is 78.5 Å². The summed E-state index contributed by atoms with van der Waals surface area (Å²) in [6.07, 6.45) is 1.99. The van der Waals surface area contributed by atoms with Gasteiger partial charge in [0.15, 0.2) is 0 Å². The first kappa shape index (κ1) is 20.9. The fourth-order valence-electron chi connectivity index (χ4n) is 3.01. The maximum absolute atomic E-state index is 12.5. The molecule has 1 aliphatic heterocycles. The molecule has 1 unspecified atom stereocenters. The van der Waals surface area contributed by atoms with Crippen LogP contribution in [0.25, 0.3) is 0 Å². The number of hydrogen-bond acceptors (Lipinski definition) is 4. The molecule has 1 fully saturated rings. The molecule has 3 amide bonds. The SMILES string of the molecule is CCC1(C)NC(=O)N(/N=C/c2cc(C(C)(C)C)c(O)c(C(C)(C)C)c2)C1=O. The van der Waals surface area contributed by atoms with E-state index < -0.39 is 11.6 Å². The largest absolute Gasteiger partial charge is 0.507 e. The second kappa shape index (κ2) is 6.66. The van der Waals surface area contributed by atoms with Gasteiger partial charge in [-0.2, -0.15) is 5.10 Å². The van der Waals surface area contributed by atoms with Crippen molar-refractivity contribution in [1.29, 1.82) is 0 Å². The normalized spacial score (nSPS) is 21.3. The van der Waals surface area contributed by atoms with E-state index in [1.807, 2.05) is 60.6 Å². The molecule has 0 saturated carbocycles. The van der Waals surface area contributed by atoms with Crippen LogP contribution in [0.3, 0.4) is 0 Å². The molecule has 0 aromatic heterocycles. The number of aromatic hydroxyl groups is 1. The van der Waals surface area contributed by atoms with Crippen LogP contribution in [0, 0.1) is 0 Å². The number of nitrogens with zero attached hydrogens (tertiary/aromatic N) is 2. The van der Waals surface area contributed by atoms with Gasteiger partial charge in [0, 0.05) is 11.1 Å². The summed E-state index contributed by atoms with van der Waals surface area (Å²) in [5.41, 5.74) is 0.869. The van der Waals surface area contributed by atoms with Crippen LogP contribution in [0.2, 0.25) is 0 Å². The molecule has 27 heavy (non-hydrogen) atoms. The van der Waals surface area contributed by atoms with E-state index in [4.69, 9.17) is 0 Å². The standard InChI is InChI=1S/C21H31N3O3/c1-9-21(8)17(26)24(18(27)23-21)22-12-13-10-14(19(2,3)4)16(25)15(11-13)20(5,6)7/h10-12,25H,9H2,1-8H3,(H,23,27)/b22-12+. The molecule has 1 saturated heterocycles. The Morgan fingerprint density at radius 2 is 1.59 bits per heavy atom. The number of rotatable bonds is 3. The lowest BCUT2D eigenvalue weighted by Crippen LogP contribution is -2.42. The number of carbonyl (C=O) groups is 2. The Balaban J connectivity index is 2.49. The maximum Gasteiger partial charge on any atom is 0.346 e. The second-order valence-electron chi connectivity index (χ2n) is 9.44.